The molecule has 2 amide bonds. The Bertz CT molecular complexity index is 749. The van der Waals surface area contributed by atoms with Crippen molar-refractivity contribution in [3.05, 3.63) is 35.9 Å². The van der Waals surface area contributed by atoms with Gasteiger partial charge in [-0.15, -0.1) is 0 Å². The topological polar surface area (TPSA) is 55.9 Å². The molecule has 6 heteroatoms. The second-order valence-electron chi connectivity index (χ2n) is 9.10. The number of amides is 2. The van der Waals surface area contributed by atoms with Gasteiger partial charge in [0, 0.05) is 44.2 Å². The molecule has 1 saturated carbocycles. The van der Waals surface area contributed by atoms with Crippen LogP contribution in [0.3, 0.4) is 0 Å². The Labute approximate surface area is 173 Å². The first-order chi connectivity index (χ1) is 14.2. The van der Waals surface area contributed by atoms with E-state index in [0.717, 1.165) is 58.2 Å². The van der Waals surface area contributed by atoms with Crippen molar-refractivity contribution in [2.24, 2.45) is 5.92 Å². The van der Waals surface area contributed by atoms with Crippen molar-refractivity contribution in [3.8, 4) is 0 Å². The van der Waals surface area contributed by atoms with Crippen LogP contribution in [0.25, 0.3) is 0 Å². The van der Waals surface area contributed by atoms with Gasteiger partial charge in [-0.05, 0) is 50.5 Å². The van der Waals surface area contributed by atoms with Gasteiger partial charge in [-0.3, -0.25) is 15.0 Å². The predicted octanol–water partition coefficient (Wildman–Crippen LogP) is 2.16. The Morgan fingerprint density at radius 1 is 1.00 bits per heavy atom. The van der Waals surface area contributed by atoms with E-state index in [9.17, 15) is 9.59 Å². The fourth-order valence-corrected chi connectivity index (χ4v) is 5.89. The second kappa shape index (κ2) is 8.07. The smallest absolute Gasteiger partial charge is 0.242 e. The van der Waals surface area contributed by atoms with E-state index in [-0.39, 0.29) is 23.9 Å². The predicted molar refractivity (Wildman–Crippen MR) is 111 cm³/mol. The Kier molecular flexibility index (Phi) is 5.31. The summed E-state index contributed by atoms with van der Waals surface area (Å²) in [5.41, 5.74) is 4.64. The molecule has 0 radical (unpaired) electrons. The number of hydrogen-bond donors (Lipinski definition) is 1. The maximum Gasteiger partial charge on any atom is 0.242 e. The zero-order valence-electron chi connectivity index (χ0n) is 17.1. The molecule has 0 bridgehead atoms. The average Bonchev–Trinajstić information content (AvgIpc) is 3.27. The lowest BCUT2D eigenvalue weighted by molar-refractivity contribution is -0.158. The summed E-state index contributed by atoms with van der Waals surface area (Å²) in [5.74, 6) is 0.609. The summed E-state index contributed by atoms with van der Waals surface area (Å²) in [4.78, 5) is 30.8. The highest BCUT2D eigenvalue weighted by atomic mass is 16.2. The van der Waals surface area contributed by atoms with Gasteiger partial charge in [-0.2, -0.15) is 0 Å². The van der Waals surface area contributed by atoms with E-state index in [4.69, 9.17) is 0 Å². The lowest BCUT2D eigenvalue weighted by Crippen LogP contribution is -2.68. The molecule has 4 aliphatic rings. The van der Waals surface area contributed by atoms with Crippen LogP contribution in [-0.4, -0.2) is 64.4 Å². The summed E-state index contributed by atoms with van der Waals surface area (Å²) in [6, 6.07) is 10.7. The van der Waals surface area contributed by atoms with Crippen molar-refractivity contribution in [2.45, 2.75) is 69.6 Å². The van der Waals surface area contributed by atoms with Crippen LogP contribution in [0.15, 0.2) is 30.3 Å². The summed E-state index contributed by atoms with van der Waals surface area (Å²) in [7, 11) is 0. The molecule has 1 aromatic rings. The van der Waals surface area contributed by atoms with Gasteiger partial charge in [0.05, 0.1) is 0 Å². The van der Waals surface area contributed by atoms with Crippen molar-refractivity contribution in [1.29, 1.82) is 0 Å². The minimum Gasteiger partial charge on any atom is -0.342 e. The van der Waals surface area contributed by atoms with Gasteiger partial charge in [0.25, 0.3) is 0 Å². The lowest BCUT2D eigenvalue weighted by atomic mass is 9.78. The van der Waals surface area contributed by atoms with Crippen molar-refractivity contribution >= 4 is 11.8 Å². The monoisotopic (exact) mass is 396 g/mol. The van der Waals surface area contributed by atoms with Gasteiger partial charge < -0.3 is 9.80 Å². The fraction of sp³-hybridized carbons (Fsp3) is 0.652. The van der Waals surface area contributed by atoms with E-state index in [1.54, 1.807) is 0 Å². The molecule has 4 atom stereocenters. The third-order valence-electron chi connectivity index (χ3n) is 7.37. The SMILES string of the molecule is O=C(C1CCC2C(C1)N(Cc1ccccc1)C(=O)C1CCNN12)N1CCCCC1. The van der Waals surface area contributed by atoms with Crippen LogP contribution in [0.2, 0.25) is 0 Å². The summed E-state index contributed by atoms with van der Waals surface area (Å²) in [5, 5.41) is 2.23. The number of carbonyl (C=O) groups is 2. The first-order valence-corrected chi connectivity index (χ1v) is 11.4. The quantitative estimate of drug-likeness (QED) is 0.851. The Morgan fingerprint density at radius 3 is 2.59 bits per heavy atom. The van der Waals surface area contributed by atoms with Crippen LogP contribution < -0.4 is 5.43 Å². The minimum atomic E-state index is -0.0469. The van der Waals surface area contributed by atoms with E-state index < -0.39 is 0 Å². The Hall–Kier alpha value is -1.92. The zero-order chi connectivity index (χ0) is 19.8. The molecular formula is C23H32N4O2. The van der Waals surface area contributed by atoms with Crippen LogP contribution in [0, 0.1) is 5.92 Å². The molecule has 0 spiro atoms. The summed E-state index contributed by atoms with van der Waals surface area (Å²) >= 11 is 0. The molecule has 3 saturated heterocycles. The number of fused-ring (bicyclic) bond motifs is 3. The fourth-order valence-electron chi connectivity index (χ4n) is 5.89. The van der Waals surface area contributed by atoms with Crippen LogP contribution in [-0.2, 0) is 16.1 Å². The average molecular weight is 397 g/mol. The lowest BCUT2D eigenvalue weighted by Gasteiger charge is -2.52. The maximum absolute atomic E-state index is 13.4. The summed E-state index contributed by atoms with van der Waals surface area (Å²) < 4.78 is 0. The molecular weight excluding hydrogens is 364 g/mol. The molecule has 156 valence electrons. The highest BCUT2D eigenvalue weighted by molar-refractivity contribution is 5.84. The van der Waals surface area contributed by atoms with Crippen LogP contribution in [0.4, 0.5) is 0 Å². The van der Waals surface area contributed by atoms with Gasteiger partial charge >= 0.3 is 0 Å². The number of carbonyl (C=O) groups excluding carboxylic acids is 2. The zero-order valence-corrected chi connectivity index (χ0v) is 17.1. The number of likely N-dealkylation sites (tertiary alicyclic amines) is 1. The molecule has 6 nitrogen and oxygen atoms in total. The summed E-state index contributed by atoms with van der Waals surface area (Å²) in [6.45, 7) is 3.34. The first kappa shape index (κ1) is 19.1. The van der Waals surface area contributed by atoms with Crippen LogP contribution in [0.1, 0.15) is 50.5 Å². The number of nitrogens with one attached hydrogen (secondary N) is 1. The molecule has 4 unspecified atom stereocenters. The minimum absolute atomic E-state index is 0.0469. The van der Waals surface area contributed by atoms with E-state index in [0.29, 0.717) is 18.5 Å². The van der Waals surface area contributed by atoms with E-state index in [1.807, 2.05) is 18.2 Å². The van der Waals surface area contributed by atoms with Crippen molar-refractivity contribution < 1.29 is 9.59 Å². The highest BCUT2D eigenvalue weighted by Crippen LogP contribution is 2.38. The van der Waals surface area contributed by atoms with E-state index >= 15 is 0 Å². The van der Waals surface area contributed by atoms with E-state index in [1.165, 1.54) is 12.0 Å². The third kappa shape index (κ3) is 3.57. The Balaban J connectivity index is 1.38. The van der Waals surface area contributed by atoms with Crippen LogP contribution >= 0.6 is 0 Å². The molecule has 1 N–H and O–H groups in total. The molecule has 5 rings (SSSR count). The van der Waals surface area contributed by atoms with E-state index in [2.05, 4.69) is 32.4 Å². The number of benzene rings is 1. The molecule has 3 aliphatic heterocycles. The largest absolute Gasteiger partial charge is 0.342 e. The normalized spacial score (nSPS) is 32.8. The maximum atomic E-state index is 13.4. The van der Waals surface area contributed by atoms with Gasteiger partial charge in [0.15, 0.2) is 0 Å². The first-order valence-electron chi connectivity index (χ1n) is 11.4. The second-order valence-corrected chi connectivity index (χ2v) is 9.10. The number of piperazine rings is 1. The number of hydrogen-bond acceptors (Lipinski definition) is 4. The van der Waals surface area contributed by atoms with Crippen molar-refractivity contribution in [2.75, 3.05) is 19.6 Å². The highest BCUT2D eigenvalue weighted by Gasteiger charge is 2.51. The van der Waals surface area contributed by atoms with Gasteiger partial charge in [-0.1, -0.05) is 30.3 Å². The number of nitrogens with zero attached hydrogens (tertiary/aromatic N) is 3. The number of piperidine rings is 1. The number of rotatable bonds is 3. The number of hydrazine groups is 1. The van der Waals surface area contributed by atoms with Gasteiger partial charge in [0.2, 0.25) is 11.8 Å². The van der Waals surface area contributed by atoms with Crippen molar-refractivity contribution in [3.63, 3.8) is 0 Å². The standard InChI is InChI=1S/C23H32N4O2/c28-22(25-13-5-2-6-14-25)18-9-10-19-21(15-18)26(16-17-7-3-1-4-8-17)23(29)20-11-12-24-27(19)20/h1,3-4,7-8,18-21,24H,2,5-6,9-16H2. The van der Waals surface area contributed by atoms with Crippen molar-refractivity contribution in [1.82, 2.24) is 20.2 Å². The molecule has 0 aromatic heterocycles. The van der Waals surface area contributed by atoms with Gasteiger partial charge in [-0.25, -0.2) is 5.01 Å². The Morgan fingerprint density at radius 2 is 1.79 bits per heavy atom. The molecule has 1 aliphatic carbocycles. The van der Waals surface area contributed by atoms with Gasteiger partial charge in [0.1, 0.15) is 6.04 Å². The van der Waals surface area contributed by atoms with Crippen LogP contribution in [0.5, 0.6) is 0 Å². The third-order valence-corrected chi connectivity index (χ3v) is 7.37. The molecule has 3 heterocycles. The molecule has 29 heavy (non-hydrogen) atoms. The molecule has 4 fully saturated rings. The summed E-state index contributed by atoms with van der Waals surface area (Å²) in [6.07, 6.45) is 7.09. The molecule has 1 aromatic carbocycles.